The number of hydrogen-bond acceptors (Lipinski definition) is 4. The highest BCUT2D eigenvalue weighted by molar-refractivity contribution is 5.84. The molecular formula is C26H28FN3O2. The molecule has 0 aliphatic carbocycles. The molecule has 0 spiro atoms. The van der Waals surface area contributed by atoms with Crippen LogP contribution in [0.4, 0.5) is 4.39 Å². The third kappa shape index (κ3) is 4.97. The van der Waals surface area contributed by atoms with Gasteiger partial charge < -0.3 is 10.1 Å². The summed E-state index contributed by atoms with van der Waals surface area (Å²) in [6, 6.07) is 15.7. The van der Waals surface area contributed by atoms with Crippen molar-refractivity contribution in [3.8, 4) is 16.9 Å². The molecule has 1 aliphatic rings. The highest BCUT2D eigenvalue weighted by Gasteiger charge is 2.34. The number of pyridine rings is 1. The monoisotopic (exact) mass is 433 g/mol. The average Bonchev–Trinajstić information content (AvgIpc) is 2.92. The largest absolute Gasteiger partial charge is 0.492 e. The molecule has 5 nitrogen and oxygen atoms in total. The normalized spacial score (nSPS) is 16.6. The minimum absolute atomic E-state index is 0.0968. The van der Waals surface area contributed by atoms with Gasteiger partial charge in [0.1, 0.15) is 24.2 Å². The molecule has 2 heterocycles. The van der Waals surface area contributed by atoms with Crippen molar-refractivity contribution in [2.75, 3.05) is 13.2 Å². The molecule has 1 amide bonds. The number of halogens is 1. The summed E-state index contributed by atoms with van der Waals surface area (Å²) in [5.41, 5.74) is 3.13. The zero-order valence-corrected chi connectivity index (χ0v) is 18.6. The Balaban J connectivity index is 1.73. The van der Waals surface area contributed by atoms with E-state index in [0.717, 1.165) is 22.3 Å². The summed E-state index contributed by atoms with van der Waals surface area (Å²) in [6.45, 7) is 7.42. The number of amides is 1. The van der Waals surface area contributed by atoms with E-state index in [-0.39, 0.29) is 17.3 Å². The molecule has 0 saturated carbocycles. The van der Waals surface area contributed by atoms with Gasteiger partial charge in [0.2, 0.25) is 5.91 Å². The highest BCUT2D eigenvalue weighted by Crippen LogP contribution is 2.34. The number of nitrogens with zero attached hydrogens (tertiary/aromatic N) is 2. The van der Waals surface area contributed by atoms with E-state index in [0.29, 0.717) is 25.4 Å². The first-order valence-corrected chi connectivity index (χ1v) is 10.8. The van der Waals surface area contributed by atoms with Crippen molar-refractivity contribution in [2.24, 2.45) is 0 Å². The maximum atomic E-state index is 13.9. The van der Waals surface area contributed by atoms with Gasteiger partial charge in [-0.15, -0.1) is 0 Å². The van der Waals surface area contributed by atoms with Gasteiger partial charge in [-0.1, -0.05) is 36.4 Å². The Labute approximate surface area is 188 Å². The number of aromatic nitrogens is 1. The van der Waals surface area contributed by atoms with E-state index < -0.39 is 6.04 Å². The van der Waals surface area contributed by atoms with Crippen LogP contribution in [-0.4, -0.2) is 34.5 Å². The van der Waals surface area contributed by atoms with Gasteiger partial charge in [-0.05, 0) is 55.7 Å². The van der Waals surface area contributed by atoms with Crippen LogP contribution < -0.4 is 10.1 Å². The van der Waals surface area contributed by atoms with Crippen LogP contribution in [-0.2, 0) is 11.3 Å². The fourth-order valence-corrected chi connectivity index (χ4v) is 4.06. The van der Waals surface area contributed by atoms with Crippen LogP contribution in [0.5, 0.6) is 5.75 Å². The van der Waals surface area contributed by atoms with E-state index in [1.165, 1.54) is 12.1 Å². The topological polar surface area (TPSA) is 54.5 Å². The number of ether oxygens (including phenoxy) is 1. The van der Waals surface area contributed by atoms with E-state index in [9.17, 15) is 9.18 Å². The standard InChI is InChI=1S/C26H28FN3O2/c1-26(2,3)29-25(31)24-22-16-28-12-11-23(22)32-14-13-30(24)17-19-7-4-5-10-21(19)18-8-6-9-20(27)15-18/h4-12,15-16,24H,13-14,17H2,1-3H3,(H,29,31). The summed E-state index contributed by atoms with van der Waals surface area (Å²) in [4.78, 5) is 19.8. The predicted octanol–water partition coefficient (Wildman–Crippen LogP) is 4.74. The van der Waals surface area contributed by atoms with Crippen LogP contribution in [0, 0.1) is 5.82 Å². The molecule has 0 saturated heterocycles. The minimum Gasteiger partial charge on any atom is -0.492 e. The molecule has 1 unspecified atom stereocenters. The van der Waals surface area contributed by atoms with Gasteiger partial charge in [0.05, 0.1) is 0 Å². The van der Waals surface area contributed by atoms with Crippen molar-refractivity contribution in [2.45, 2.75) is 38.9 Å². The lowest BCUT2D eigenvalue weighted by Gasteiger charge is -2.32. The molecule has 0 fully saturated rings. The van der Waals surface area contributed by atoms with Crippen LogP contribution in [0.1, 0.15) is 37.9 Å². The molecule has 1 atom stereocenters. The first kappa shape index (κ1) is 22.0. The third-order valence-electron chi connectivity index (χ3n) is 5.38. The second-order valence-corrected chi connectivity index (χ2v) is 9.04. The van der Waals surface area contributed by atoms with E-state index in [1.54, 1.807) is 24.5 Å². The number of rotatable bonds is 4. The van der Waals surface area contributed by atoms with Gasteiger partial charge in [0.15, 0.2) is 0 Å². The zero-order chi connectivity index (χ0) is 22.7. The number of carbonyl (C=O) groups excluding carboxylic acids is 1. The summed E-state index contributed by atoms with van der Waals surface area (Å²) in [5.74, 6) is 0.304. The average molecular weight is 434 g/mol. The van der Waals surface area contributed by atoms with Gasteiger partial charge in [0, 0.05) is 36.6 Å². The van der Waals surface area contributed by atoms with Crippen molar-refractivity contribution in [1.29, 1.82) is 0 Å². The molecule has 0 bridgehead atoms. The molecule has 1 aliphatic heterocycles. The smallest absolute Gasteiger partial charge is 0.242 e. The van der Waals surface area contributed by atoms with Gasteiger partial charge in [-0.2, -0.15) is 0 Å². The number of hydrogen-bond donors (Lipinski definition) is 1. The van der Waals surface area contributed by atoms with Crippen molar-refractivity contribution < 1.29 is 13.9 Å². The van der Waals surface area contributed by atoms with Crippen LogP contribution in [0.15, 0.2) is 67.0 Å². The van der Waals surface area contributed by atoms with Crippen LogP contribution >= 0.6 is 0 Å². The Hall–Kier alpha value is -3.25. The summed E-state index contributed by atoms with van der Waals surface area (Å²) < 4.78 is 19.8. The summed E-state index contributed by atoms with van der Waals surface area (Å²) in [6.07, 6.45) is 3.38. The molecule has 2 aromatic carbocycles. The van der Waals surface area contributed by atoms with Crippen molar-refractivity contribution in [3.63, 3.8) is 0 Å². The van der Waals surface area contributed by atoms with Gasteiger partial charge in [-0.3, -0.25) is 14.7 Å². The second kappa shape index (κ2) is 9.09. The Bertz CT molecular complexity index is 1110. The van der Waals surface area contributed by atoms with Crippen LogP contribution in [0.3, 0.4) is 0 Å². The Morgan fingerprint density at radius 3 is 2.78 bits per heavy atom. The number of nitrogens with one attached hydrogen (secondary N) is 1. The summed E-state index contributed by atoms with van der Waals surface area (Å²) in [5, 5.41) is 3.11. The fraction of sp³-hybridized carbons (Fsp3) is 0.308. The lowest BCUT2D eigenvalue weighted by Crippen LogP contribution is -2.47. The fourth-order valence-electron chi connectivity index (χ4n) is 4.06. The van der Waals surface area contributed by atoms with Crippen molar-refractivity contribution in [3.05, 3.63) is 83.9 Å². The quantitative estimate of drug-likeness (QED) is 0.646. The number of carbonyl (C=O) groups is 1. The van der Waals surface area contributed by atoms with Gasteiger partial charge in [-0.25, -0.2) is 4.39 Å². The highest BCUT2D eigenvalue weighted by atomic mass is 19.1. The Morgan fingerprint density at radius 1 is 1.19 bits per heavy atom. The number of benzene rings is 2. The second-order valence-electron chi connectivity index (χ2n) is 9.04. The van der Waals surface area contributed by atoms with E-state index in [1.807, 2.05) is 51.1 Å². The first-order chi connectivity index (χ1) is 15.3. The zero-order valence-electron chi connectivity index (χ0n) is 18.6. The molecule has 1 aromatic heterocycles. The maximum absolute atomic E-state index is 13.9. The first-order valence-electron chi connectivity index (χ1n) is 10.8. The molecule has 3 aromatic rings. The Morgan fingerprint density at radius 2 is 2.00 bits per heavy atom. The molecule has 1 N–H and O–H groups in total. The lowest BCUT2D eigenvalue weighted by atomic mass is 9.97. The molecular weight excluding hydrogens is 405 g/mol. The third-order valence-corrected chi connectivity index (χ3v) is 5.38. The minimum atomic E-state index is -0.555. The van der Waals surface area contributed by atoms with Crippen molar-refractivity contribution in [1.82, 2.24) is 15.2 Å². The van der Waals surface area contributed by atoms with E-state index >= 15 is 0 Å². The summed E-state index contributed by atoms with van der Waals surface area (Å²) in [7, 11) is 0. The maximum Gasteiger partial charge on any atom is 0.242 e. The van der Waals surface area contributed by atoms with Gasteiger partial charge in [0.25, 0.3) is 0 Å². The van der Waals surface area contributed by atoms with E-state index in [2.05, 4.69) is 15.2 Å². The number of fused-ring (bicyclic) bond motifs is 1. The molecule has 0 radical (unpaired) electrons. The Kier molecular flexibility index (Phi) is 6.24. The summed E-state index contributed by atoms with van der Waals surface area (Å²) >= 11 is 0. The molecule has 32 heavy (non-hydrogen) atoms. The molecule has 6 heteroatoms. The molecule has 166 valence electrons. The van der Waals surface area contributed by atoms with Gasteiger partial charge >= 0.3 is 0 Å². The van der Waals surface area contributed by atoms with E-state index in [4.69, 9.17) is 4.74 Å². The predicted molar refractivity (Wildman–Crippen MR) is 123 cm³/mol. The molecule has 4 rings (SSSR count). The van der Waals surface area contributed by atoms with Crippen LogP contribution in [0.2, 0.25) is 0 Å². The lowest BCUT2D eigenvalue weighted by molar-refractivity contribution is -0.128. The van der Waals surface area contributed by atoms with Crippen LogP contribution in [0.25, 0.3) is 11.1 Å². The SMILES string of the molecule is CC(C)(C)NC(=O)C1c2cnccc2OCCN1Cc1ccccc1-c1cccc(F)c1. The van der Waals surface area contributed by atoms with Crippen molar-refractivity contribution >= 4 is 5.91 Å².